The molecule has 0 saturated carbocycles. The molecule has 0 fully saturated rings. The Morgan fingerprint density at radius 3 is 2.83 bits per heavy atom. The molecule has 0 aliphatic heterocycles. The summed E-state index contributed by atoms with van der Waals surface area (Å²) in [6.45, 7) is 1.81. The Labute approximate surface area is 179 Å². The smallest absolute Gasteiger partial charge is 0.338 e. The molecule has 0 aliphatic rings. The number of hydrogen-bond donors (Lipinski definition) is 1. The van der Waals surface area contributed by atoms with Crippen molar-refractivity contribution in [1.82, 2.24) is 13.7 Å². The third-order valence-corrected chi connectivity index (χ3v) is 5.38. The summed E-state index contributed by atoms with van der Waals surface area (Å²) in [6.07, 6.45) is 0. The van der Waals surface area contributed by atoms with E-state index < -0.39 is 18.5 Å². The van der Waals surface area contributed by atoms with Crippen molar-refractivity contribution in [3.05, 3.63) is 64.1 Å². The van der Waals surface area contributed by atoms with Crippen LogP contribution < -0.4 is 10.1 Å². The predicted octanol–water partition coefficient (Wildman–Crippen LogP) is 3.83. The average molecular weight is 441 g/mol. The lowest BCUT2D eigenvalue weighted by Crippen LogP contribution is -2.21. The second-order valence-electron chi connectivity index (χ2n) is 6.24. The number of nitrogens with zero attached hydrogens (tertiary/aromatic N) is 3. The van der Waals surface area contributed by atoms with Crippen LogP contribution in [0.15, 0.2) is 47.8 Å². The van der Waals surface area contributed by atoms with Crippen molar-refractivity contribution in [3.8, 4) is 5.75 Å². The van der Waals surface area contributed by atoms with Crippen molar-refractivity contribution in [2.45, 2.75) is 13.5 Å². The highest BCUT2D eigenvalue weighted by atomic mass is 32.1. The second kappa shape index (κ2) is 8.97. The number of benzene rings is 2. The van der Waals surface area contributed by atoms with Crippen LogP contribution in [-0.4, -0.2) is 32.2 Å². The number of carbonyl (C=O) groups excluding carboxylic acids is 2. The molecule has 0 aliphatic carbocycles. The Kier molecular flexibility index (Phi) is 5.96. The molecule has 8 nitrogen and oxygen atoms in total. The van der Waals surface area contributed by atoms with Crippen LogP contribution in [0.5, 0.6) is 5.75 Å². The summed E-state index contributed by atoms with van der Waals surface area (Å²) in [5.74, 6) is -0.564. The molecule has 152 valence electrons. The highest BCUT2D eigenvalue weighted by Crippen LogP contribution is 2.21. The average Bonchev–Trinajstić information content (AvgIpc) is 3.40. The van der Waals surface area contributed by atoms with E-state index in [1.807, 2.05) is 12.3 Å². The zero-order chi connectivity index (χ0) is 20.9. The zero-order valence-electron chi connectivity index (χ0n) is 15.8. The molecule has 0 atom stereocenters. The predicted molar refractivity (Wildman–Crippen MR) is 114 cm³/mol. The van der Waals surface area contributed by atoms with E-state index in [4.69, 9.17) is 9.47 Å². The number of anilines is 1. The summed E-state index contributed by atoms with van der Waals surface area (Å²) in [5.41, 5.74) is 2.93. The molecule has 10 heteroatoms. The number of aromatic nitrogens is 3. The number of carbonyl (C=O) groups is 2. The maximum Gasteiger partial charge on any atom is 0.338 e. The number of ether oxygens (including phenoxy) is 2. The molecule has 0 radical (unpaired) electrons. The van der Waals surface area contributed by atoms with Crippen molar-refractivity contribution in [2.24, 2.45) is 0 Å². The molecule has 30 heavy (non-hydrogen) atoms. The number of thiazole rings is 1. The molecule has 2 heterocycles. The van der Waals surface area contributed by atoms with Crippen LogP contribution in [0.2, 0.25) is 0 Å². The lowest BCUT2D eigenvalue weighted by molar-refractivity contribution is -0.119. The highest BCUT2D eigenvalue weighted by molar-refractivity contribution is 7.09. The van der Waals surface area contributed by atoms with Gasteiger partial charge in [-0.3, -0.25) is 4.79 Å². The van der Waals surface area contributed by atoms with E-state index in [2.05, 4.69) is 19.0 Å². The summed E-state index contributed by atoms with van der Waals surface area (Å²) in [5, 5.41) is 5.58. The standard InChI is InChI=1S/C20H16N4O4S2/c1-12-21-14(11-29-12)9-27-15-5-2-4-13(8-15)20(26)28-10-18(25)22-16-6-3-7-17-19(16)24-30-23-17/h2-8,11H,9-10H2,1H3,(H,22,25). The molecule has 1 N–H and O–H groups in total. The first-order valence-corrected chi connectivity index (χ1v) is 10.5. The summed E-state index contributed by atoms with van der Waals surface area (Å²) in [6, 6.07) is 11.9. The minimum Gasteiger partial charge on any atom is -0.487 e. The zero-order valence-corrected chi connectivity index (χ0v) is 17.5. The van der Waals surface area contributed by atoms with Crippen molar-refractivity contribution in [2.75, 3.05) is 11.9 Å². The van der Waals surface area contributed by atoms with Gasteiger partial charge >= 0.3 is 5.97 Å². The van der Waals surface area contributed by atoms with Gasteiger partial charge in [0.05, 0.1) is 33.7 Å². The number of aryl methyl sites for hydroxylation is 1. The number of nitrogens with one attached hydrogen (secondary N) is 1. The third kappa shape index (κ3) is 4.78. The molecular weight excluding hydrogens is 424 g/mol. The number of esters is 1. The fourth-order valence-electron chi connectivity index (χ4n) is 2.65. The molecule has 0 bridgehead atoms. The van der Waals surface area contributed by atoms with Crippen molar-refractivity contribution < 1.29 is 19.1 Å². The Morgan fingerprint density at radius 1 is 1.13 bits per heavy atom. The van der Waals surface area contributed by atoms with E-state index in [1.54, 1.807) is 53.8 Å². The largest absolute Gasteiger partial charge is 0.487 e. The normalized spacial score (nSPS) is 10.7. The van der Waals surface area contributed by atoms with Gasteiger partial charge in [0.1, 0.15) is 23.4 Å². The lowest BCUT2D eigenvalue weighted by Gasteiger charge is -2.08. The van der Waals surface area contributed by atoms with Gasteiger partial charge in [-0.15, -0.1) is 11.3 Å². The van der Waals surface area contributed by atoms with Crippen LogP contribution in [0, 0.1) is 6.92 Å². The molecule has 0 unspecified atom stereocenters. The molecule has 4 rings (SSSR count). The van der Waals surface area contributed by atoms with E-state index >= 15 is 0 Å². The monoisotopic (exact) mass is 440 g/mol. The maximum absolute atomic E-state index is 12.3. The minimum atomic E-state index is -0.617. The summed E-state index contributed by atoms with van der Waals surface area (Å²) in [7, 11) is 0. The number of rotatable bonds is 7. The second-order valence-corrected chi connectivity index (χ2v) is 7.83. The van der Waals surface area contributed by atoms with Crippen LogP contribution >= 0.6 is 23.1 Å². The summed E-state index contributed by atoms with van der Waals surface area (Å²) >= 11 is 2.61. The van der Waals surface area contributed by atoms with Gasteiger partial charge in [-0.1, -0.05) is 12.1 Å². The van der Waals surface area contributed by atoms with Gasteiger partial charge in [0.25, 0.3) is 5.91 Å². The first-order chi connectivity index (χ1) is 14.6. The first-order valence-electron chi connectivity index (χ1n) is 8.90. The molecule has 2 aromatic heterocycles. The van der Waals surface area contributed by atoms with Gasteiger partial charge in [0, 0.05) is 5.38 Å². The SMILES string of the molecule is Cc1nc(COc2cccc(C(=O)OCC(=O)Nc3cccc4nsnc34)c2)cs1. The number of fused-ring (bicyclic) bond motifs is 1. The topological polar surface area (TPSA) is 103 Å². The van der Waals surface area contributed by atoms with E-state index in [-0.39, 0.29) is 0 Å². The molecule has 1 amide bonds. The Balaban J connectivity index is 1.32. The maximum atomic E-state index is 12.3. The van der Waals surface area contributed by atoms with Crippen molar-refractivity contribution in [3.63, 3.8) is 0 Å². The van der Waals surface area contributed by atoms with E-state index in [0.29, 0.717) is 34.6 Å². The molecular formula is C20H16N4O4S2. The van der Waals surface area contributed by atoms with Crippen molar-refractivity contribution in [1.29, 1.82) is 0 Å². The third-order valence-electron chi connectivity index (χ3n) is 4.02. The Bertz CT molecular complexity index is 1200. The highest BCUT2D eigenvalue weighted by Gasteiger charge is 2.13. The van der Waals surface area contributed by atoms with Crippen LogP contribution in [0.4, 0.5) is 5.69 Å². The number of amides is 1. The molecule has 2 aromatic carbocycles. The van der Waals surface area contributed by atoms with E-state index in [9.17, 15) is 9.59 Å². The minimum absolute atomic E-state index is 0.292. The van der Waals surface area contributed by atoms with Gasteiger partial charge in [-0.05, 0) is 37.3 Å². The fraction of sp³-hybridized carbons (Fsp3) is 0.150. The van der Waals surface area contributed by atoms with Gasteiger partial charge in [0.2, 0.25) is 0 Å². The van der Waals surface area contributed by atoms with Crippen LogP contribution in [0.1, 0.15) is 21.1 Å². The van der Waals surface area contributed by atoms with E-state index in [1.165, 1.54) is 0 Å². The Hall–Kier alpha value is -3.37. The molecule has 0 saturated heterocycles. The molecule has 4 aromatic rings. The van der Waals surface area contributed by atoms with Gasteiger partial charge in [0.15, 0.2) is 6.61 Å². The fourth-order valence-corrected chi connectivity index (χ4v) is 3.80. The summed E-state index contributed by atoms with van der Waals surface area (Å²) in [4.78, 5) is 28.8. The van der Waals surface area contributed by atoms with Gasteiger partial charge < -0.3 is 14.8 Å². The number of hydrogen-bond acceptors (Lipinski definition) is 9. The lowest BCUT2D eigenvalue weighted by atomic mass is 10.2. The Morgan fingerprint density at radius 2 is 2.00 bits per heavy atom. The van der Waals surface area contributed by atoms with E-state index in [0.717, 1.165) is 22.4 Å². The van der Waals surface area contributed by atoms with Crippen LogP contribution in [0.3, 0.4) is 0 Å². The molecule has 0 spiro atoms. The summed E-state index contributed by atoms with van der Waals surface area (Å²) < 4.78 is 19.1. The van der Waals surface area contributed by atoms with Crippen LogP contribution in [0.25, 0.3) is 11.0 Å². The van der Waals surface area contributed by atoms with Crippen LogP contribution in [-0.2, 0) is 16.1 Å². The first kappa shape index (κ1) is 19.9. The van der Waals surface area contributed by atoms with Gasteiger partial charge in [-0.2, -0.15) is 8.75 Å². The quantitative estimate of drug-likeness (QED) is 0.436. The van der Waals surface area contributed by atoms with Gasteiger partial charge in [-0.25, -0.2) is 9.78 Å². The van der Waals surface area contributed by atoms with Crippen molar-refractivity contribution >= 4 is 51.7 Å².